The summed E-state index contributed by atoms with van der Waals surface area (Å²) in [7, 11) is 0. The van der Waals surface area contributed by atoms with Gasteiger partial charge >= 0.3 is 48.6 Å². The van der Waals surface area contributed by atoms with E-state index in [1.54, 1.807) is 0 Å². The number of fused-ring (bicyclic) bond motifs is 5. The van der Waals surface area contributed by atoms with Crippen molar-refractivity contribution in [2.75, 3.05) is 0 Å². The van der Waals surface area contributed by atoms with E-state index in [0.29, 0.717) is 0 Å². The molecule has 0 saturated heterocycles. The number of halogens is 12. The van der Waals surface area contributed by atoms with Gasteiger partial charge in [-0.2, -0.15) is 52.7 Å². The number of hydrogen-bond acceptors (Lipinski definition) is 6. The molecule has 0 N–H and O–H groups in total. The SMILES string of the molecule is O=C1OC(=O)c2cc3c(C(F)(F)F)c(C(F)(F)F)c2C(=O)OC(=O)c2c1cc-3c(C(F)(F)F)c2C(F)(F)F. The fourth-order valence-electron chi connectivity index (χ4n) is 4.07. The summed E-state index contributed by atoms with van der Waals surface area (Å²) in [6.45, 7) is 0. The molecule has 2 heterocycles. The summed E-state index contributed by atoms with van der Waals surface area (Å²) in [6, 6.07) is -0.862. The summed E-state index contributed by atoms with van der Waals surface area (Å²) in [5, 5.41) is 0. The molecule has 38 heavy (non-hydrogen) atoms. The van der Waals surface area contributed by atoms with E-state index < -0.39 is 116 Å². The minimum absolute atomic E-state index is 0.431. The molecule has 0 spiro atoms. The number of cyclic esters (lactones) is 2. The standard InChI is InChI=1S/C20H2F12O6/c21-17(22,23)9-3-1-5-7(11(9)19(27,28)29)15(35)38-16(36)8-6(14(34)37-13(5)33)2-4(3)10(18(24,25)26)12(8)20(30,31)32/h1-2H. The van der Waals surface area contributed by atoms with Crippen LogP contribution in [0.1, 0.15) is 63.7 Å². The van der Waals surface area contributed by atoms with Crippen molar-refractivity contribution < 1.29 is 81.3 Å². The third-order valence-corrected chi connectivity index (χ3v) is 5.30. The predicted molar refractivity (Wildman–Crippen MR) is 91.4 cm³/mol. The first kappa shape index (κ1) is 26.9. The number of esters is 4. The highest BCUT2D eigenvalue weighted by Gasteiger charge is 2.55. The number of hydrogen-bond donors (Lipinski definition) is 0. The van der Waals surface area contributed by atoms with E-state index in [1.165, 1.54) is 0 Å². The first-order chi connectivity index (χ1) is 17.1. The molecule has 4 rings (SSSR count). The van der Waals surface area contributed by atoms with Gasteiger partial charge < -0.3 is 9.47 Å². The van der Waals surface area contributed by atoms with Crippen LogP contribution in [-0.4, -0.2) is 23.9 Å². The molecule has 2 aliphatic rings. The largest absolute Gasteiger partial charge is 0.417 e. The molecule has 4 bridgehead atoms. The van der Waals surface area contributed by atoms with E-state index in [0.717, 1.165) is 0 Å². The molecular formula is C20H2F12O6. The van der Waals surface area contributed by atoms with Crippen molar-refractivity contribution >= 4 is 23.9 Å². The summed E-state index contributed by atoms with van der Waals surface area (Å²) in [6.07, 6.45) is -25.4. The monoisotopic (exact) mass is 566 g/mol. The maximum atomic E-state index is 14.0. The van der Waals surface area contributed by atoms with Crippen LogP contribution < -0.4 is 0 Å². The average molecular weight is 566 g/mol. The summed E-state index contributed by atoms with van der Waals surface area (Å²) in [4.78, 5) is 49.8. The zero-order valence-corrected chi connectivity index (χ0v) is 17.1. The van der Waals surface area contributed by atoms with Crippen LogP contribution in [0.15, 0.2) is 12.1 Å². The van der Waals surface area contributed by atoms with Gasteiger partial charge in [-0.25, -0.2) is 19.2 Å². The minimum atomic E-state index is -6.35. The van der Waals surface area contributed by atoms with Crippen LogP contribution >= 0.6 is 0 Å². The molecular weight excluding hydrogens is 564 g/mol. The second-order valence-electron chi connectivity index (χ2n) is 7.54. The van der Waals surface area contributed by atoms with Crippen LogP contribution in [0, 0.1) is 0 Å². The van der Waals surface area contributed by atoms with Gasteiger partial charge in [-0.05, 0) is 23.3 Å². The van der Waals surface area contributed by atoms with Crippen molar-refractivity contribution in [3.8, 4) is 11.1 Å². The number of alkyl halides is 12. The molecule has 0 atom stereocenters. The average Bonchev–Trinajstić information content (AvgIpc) is 2.74. The summed E-state index contributed by atoms with van der Waals surface area (Å²) in [5.41, 5.74) is -26.0. The number of ether oxygens (including phenoxy) is 2. The van der Waals surface area contributed by atoms with Gasteiger partial charge in [0.05, 0.1) is 44.5 Å². The molecule has 2 aliphatic heterocycles. The highest BCUT2D eigenvalue weighted by Crippen LogP contribution is 2.54. The van der Waals surface area contributed by atoms with Gasteiger partial charge in [0.1, 0.15) is 0 Å². The fourth-order valence-corrected chi connectivity index (χ4v) is 4.07. The van der Waals surface area contributed by atoms with Gasteiger partial charge in [-0.15, -0.1) is 0 Å². The Kier molecular flexibility index (Phi) is 5.46. The zero-order valence-electron chi connectivity index (χ0n) is 17.1. The van der Waals surface area contributed by atoms with Crippen LogP contribution in [0.2, 0.25) is 0 Å². The number of carbonyl (C=O) groups is 4. The summed E-state index contributed by atoms with van der Waals surface area (Å²) >= 11 is 0. The lowest BCUT2D eigenvalue weighted by Gasteiger charge is -2.25. The molecule has 18 heteroatoms. The molecule has 0 aromatic heterocycles. The van der Waals surface area contributed by atoms with Gasteiger partial charge in [0.2, 0.25) is 0 Å². The number of carbonyl (C=O) groups excluding carboxylic acids is 4. The Hall–Kier alpha value is -4.12. The van der Waals surface area contributed by atoms with Crippen LogP contribution in [0.25, 0.3) is 11.1 Å². The Bertz CT molecular complexity index is 1360. The van der Waals surface area contributed by atoms with E-state index in [4.69, 9.17) is 0 Å². The highest BCUT2D eigenvalue weighted by atomic mass is 19.4. The van der Waals surface area contributed by atoms with Crippen LogP contribution in [0.4, 0.5) is 52.7 Å². The van der Waals surface area contributed by atoms with Crippen molar-refractivity contribution in [1.29, 1.82) is 0 Å². The Balaban J connectivity index is 2.52. The molecule has 0 amide bonds. The van der Waals surface area contributed by atoms with Crippen LogP contribution in [-0.2, 0) is 34.2 Å². The van der Waals surface area contributed by atoms with E-state index in [-0.39, 0.29) is 0 Å². The molecule has 6 nitrogen and oxygen atoms in total. The summed E-state index contributed by atoms with van der Waals surface area (Å²) < 4.78 is 176. The van der Waals surface area contributed by atoms with E-state index in [9.17, 15) is 71.9 Å². The highest BCUT2D eigenvalue weighted by molar-refractivity contribution is 6.18. The van der Waals surface area contributed by atoms with E-state index >= 15 is 0 Å². The fraction of sp³-hybridized carbons (Fsp3) is 0.200. The minimum Gasteiger partial charge on any atom is -0.386 e. The van der Waals surface area contributed by atoms with Crippen molar-refractivity contribution in [3.05, 3.63) is 56.6 Å². The van der Waals surface area contributed by atoms with Gasteiger partial charge in [0.25, 0.3) is 0 Å². The Morgan fingerprint density at radius 2 is 0.658 bits per heavy atom. The van der Waals surface area contributed by atoms with Crippen LogP contribution in [0.3, 0.4) is 0 Å². The van der Waals surface area contributed by atoms with Gasteiger partial charge in [0, 0.05) is 0 Å². The summed E-state index contributed by atoms with van der Waals surface area (Å²) in [5.74, 6) is -10.3. The van der Waals surface area contributed by atoms with Crippen molar-refractivity contribution in [1.82, 2.24) is 0 Å². The number of rotatable bonds is 0. The second kappa shape index (κ2) is 7.70. The molecule has 2 aromatic rings. The lowest BCUT2D eigenvalue weighted by Crippen LogP contribution is -2.30. The van der Waals surface area contributed by atoms with Crippen LogP contribution in [0.5, 0.6) is 0 Å². The Morgan fingerprint density at radius 1 is 0.395 bits per heavy atom. The van der Waals surface area contributed by atoms with Gasteiger partial charge in [-0.1, -0.05) is 0 Å². The molecule has 0 saturated carbocycles. The van der Waals surface area contributed by atoms with E-state index in [1.807, 2.05) is 0 Å². The third kappa shape index (κ3) is 3.94. The first-order valence-electron chi connectivity index (χ1n) is 9.31. The topological polar surface area (TPSA) is 86.7 Å². The molecule has 2 aromatic carbocycles. The van der Waals surface area contributed by atoms with Gasteiger partial charge in [-0.3, -0.25) is 0 Å². The van der Waals surface area contributed by atoms with Crippen molar-refractivity contribution in [2.24, 2.45) is 0 Å². The molecule has 0 radical (unpaired) electrons. The lowest BCUT2D eigenvalue weighted by molar-refractivity contribution is -0.163. The molecule has 0 aliphatic carbocycles. The quantitative estimate of drug-likeness (QED) is 0.219. The Labute approximate surface area is 198 Å². The molecule has 202 valence electrons. The normalized spacial score (nSPS) is 16.0. The zero-order chi connectivity index (χ0) is 28.9. The maximum absolute atomic E-state index is 14.0. The second-order valence-corrected chi connectivity index (χ2v) is 7.54. The van der Waals surface area contributed by atoms with Crippen molar-refractivity contribution in [3.63, 3.8) is 0 Å². The molecule has 0 fully saturated rings. The lowest BCUT2D eigenvalue weighted by atomic mass is 9.83. The van der Waals surface area contributed by atoms with E-state index in [2.05, 4.69) is 9.47 Å². The van der Waals surface area contributed by atoms with Gasteiger partial charge in [0.15, 0.2) is 0 Å². The molecule has 0 unspecified atom stereocenters. The predicted octanol–water partition coefficient (Wildman–Crippen LogP) is 6.05. The Morgan fingerprint density at radius 3 is 0.921 bits per heavy atom. The first-order valence-corrected chi connectivity index (χ1v) is 9.31. The number of benzene rings is 2. The smallest absolute Gasteiger partial charge is 0.386 e. The third-order valence-electron chi connectivity index (χ3n) is 5.30. The maximum Gasteiger partial charge on any atom is 0.417 e. The van der Waals surface area contributed by atoms with Crippen molar-refractivity contribution in [2.45, 2.75) is 24.7 Å².